The van der Waals surface area contributed by atoms with Crippen LogP contribution < -0.4 is 0 Å². The van der Waals surface area contributed by atoms with E-state index in [1.54, 1.807) is 23.5 Å². The number of hydrogen-bond donors (Lipinski definition) is 0. The number of hydrogen-bond acceptors (Lipinski definition) is 4. The summed E-state index contributed by atoms with van der Waals surface area (Å²) in [5.41, 5.74) is 1.81. The highest BCUT2D eigenvalue weighted by molar-refractivity contribution is 7.18. The number of rotatable bonds is 2. The van der Waals surface area contributed by atoms with E-state index in [0.717, 1.165) is 26.2 Å². The first-order valence-electron chi connectivity index (χ1n) is 6.47. The second kappa shape index (κ2) is 5.43. The molecule has 4 aromatic rings. The third kappa shape index (κ3) is 2.31. The summed E-state index contributed by atoms with van der Waals surface area (Å²) in [6.07, 6.45) is 0. The van der Waals surface area contributed by atoms with Gasteiger partial charge in [0.1, 0.15) is 15.8 Å². The van der Waals surface area contributed by atoms with Crippen LogP contribution >= 0.6 is 34.3 Å². The summed E-state index contributed by atoms with van der Waals surface area (Å²) in [6, 6.07) is 10.1. The average molecular weight is 347 g/mol. The first-order chi connectivity index (χ1) is 10.7. The highest BCUT2D eigenvalue weighted by atomic mass is 35.5. The van der Waals surface area contributed by atoms with Gasteiger partial charge in [-0.2, -0.15) is 0 Å². The summed E-state index contributed by atoms with van der Waals surface area (Å²) in [7, 11) is 0. The normalized spacial score (nSPS) is 11.2. The Morgan fingerprint density at radius 2 is 1.82 bits per heavy atom. The van der Waals surface area contributed by atoms with Gasteiger partial charge in [0.05, 0.1) is 5.39 Å². The van der Waals surface area contributed by atoms with Crippen LogP contribution in [0.25, 0.3) is 32.0 Å². The number of thiophene rings is 2. The zero-order chi connectivity index (χ0) is 15.1. The van der Waals surface area contributed by atoms with Gasteiger partial charge >= 0.3 is 0 Å². The minimum atomic E-state index is -0.285. The van der Waals surface area contributed by atoms with E-state index in [9.17, 15) is 4.39 Å². The highest BCUT2D eigenvalue weighted by Crippen LogP contribution is 2.39. The van der Waals surface area contributed by atoms with Gasteiger partial charge in [-0.15, -0.1) is 22.7 Å². The number of nitrogens with zero attached hydrogens (tertiary/aromatic N) is 2. The molecule has 0 unspecified atom stereocenters. The Morgan fingerprint density at radius 3 is 2.55 bits per heavy atom. The number of benzene rings is 1. The van der Waals surface area contributed by atoms with E-state index >= 15 is 0 Å². The lowest BCUT2D eigenvalue weighted by molar-refractivity contribution is 0.628. The maximum atomic E-state index is 13.0. The molecule has 3 aromatic heterocycles. The molecule has 1 aromatic carbocycles. The maximum absolute atomic E-state index is 13.0. The molecule has 0 aliphatic carbocycles. The fourth-order valence-corrected chi connectivity index (χ4v) is 4.33. The van der Waals surface area contributed by atoms with E-state index in [0.29, 0.717) is 11.0 Å². The molecule has 0 saturated heterocycles. The molecule has 0 amide bonds. The quantitative estimate of drug-likeness (QED) is 0.423. The van der Waals surface area contributed by atoms with Crippen LogP contribution in [0.15, 0.2) is 47.2 Å². The van der Waals surface area contributed by atoms with Gasteiger partial charge in [-0.25, -0.2) is 14.4 Å². The topological polar surface area (TPSA) is 25.8 Å². The van der Waals surface area contributed by atoms with Crippen LogP contribution in [0.3, 0.4) is 0 Å². The van der Waals surface area contributed by atoms with Crippen LogP contribution in [0.5, 0.6) is 0 Å². The van der Waals surface area contributed by atoms with Gasteiger partial charge in [-0.05, 0) is 35.7 Å². The molecule has 0 radical (unpaired) electrons. The molecule has 22 heavy (non-hydrogen) atoms. The first-order valence-corrected chi connectivity index (χ1v) is 8.60. The monoisotopic (exact) mass is 346 g/mol. The van der Waals surface area contributed by atoms with E-state index in [4.69, 9.17) is 11.6 Å². The molecule has 0 aliphatic heterocycles. The maximum Gasteiger partial charge on any atom is 0.162 e. The van der Waals surface area contributed by atoms with Gasteiger partial charge in [0, 0.05) is 21.4 Å². The standard InChI is InChI=1S/C16H8ClFN2S2/c17-14-13-11(12-2-1-7-21-12)8-22-16(13)20-15(19-14)9-3-5-10(18)6-4-9/h1-8H. The van der Waals surface area contributed by atoms with E-state index in [1.807, 2.05) is 16.8 Å². The Bertz CT molecular complexity index is 946. The van der Waals surface area contributed by atoms with Crippen molar-refractivity contribution in [3.8, 4) is 21.8 Å². The van der Waals surface area contributed by atoms with Crippen LogP contribution in [0.2, 0.25) is 5.15 Å². The summed E-state index contributed by atoms with van der Waals surface area (Å²) < 4.78 is 13.0. The first kappa shape index (κ1) is 13.8. The third-order valence-electron chi connectivity index (χ3n) is 3.28. The molecule has 0 aliphatic rings. The van der Waals surface area contributed by atoms with Crippen LogP contribution in [0.1, 0.15) is 0 Å². The lowest BCUT2D eigenvalue weighted by atomic mass is 10.2. The van der Waals surface area contributed by atoms with Gasteiger partial charge in [0.15, 0.2) is 5.82 Å². The van der Waals surface area contributed by atoms with Crippen molar-refractivity contribution < 1.29 is 4.39 Å². The minimum Gasteiger partial charge on any atom is -0.217 e. The Hall–Kier alpha value is -1.82. The molecule has 0 bridgehead atoms. The van der Waals surface area contributed by atoms with Gasteiger partial charge < -0.3 is 0 Å². The molecule has 0 spiro atoms. The molecule has 0 fully saturated rings. The van der Waals surface area contributed by atoms with Crippen molar-refractivity contribution in [3.05, 3.63) is 58.1 Å². The molecule has 0 atom stereocenters. The Labute approximate surface area is 138 Å². The van der Waals surface area contributed by atoms with Gasteiger partial charge in [-0.3, -0.25) is 0 Å². The number of fused-ring (bicyclic) bond motifs is 1. The van der Waals surface area contributed by atoms with Crippen LogP contribution in [0.4, 0.5) is 4.39 Å². The number of aromatic nitrogens is 2. The molecule has 108 valence electrons. The van der Waals surface area contributed by atoms with Gasteiger partial charge in [-0.1, -0.05) is 17.7 Å². The lowest BCUT2D eigenvalue weighted by Crippen LogP contribution is -1.90. The van der Waals surface area contributed by atoms with Crippen molar-refractivity contribution in [1.82, 2.24) is 9.97 Å². The summed E-state index contributed by atoms with van der Waals surface area (Å²) in [6.45, 7) is 0. The fourth-order valence-electron chi connectivity index (χ4n) is 2.24. The third-order valence-corrected chi connectivity index (χ3v) is 5.33. The van der Waals surface area contributed by atoms with E-state index in [-0.39, 0.29) is 5.82 Å². The highest BCUT2D eigenvalue weighted by Gasteiger charge is 2.15. The van der Waals surface area contributed by atoms with Crippen molar-refractivity contribution >= 4 is 44.5 Å². The molecule has 0 saturated carbocycles. The summed E-state index contributed by atoms with van der Waals surface area (Å²) in [5, 5.41) is 5.38. The van der Waals surface area contributed by atoms with E-state index < -0.39 is 0 Å². The van der Waals surface area contributed by atoms with Crippen molar-refractivity contribution in [2.75, 3.05) is 0 Å². The van der Waals surface area contributed by atoms with Gasteiger partial charge in [0.25, 0.3) is 0 Å². The van der Waals surface area contributed by atoms with Crippen molar-refractivity contribution in [2.45, 2.75) is 0 Å². The Morgan fingerprint density at radius 1 is 1.00 bits per heavy atom. The van der Waals surface area contributed by atoms with Crippen molar-refractivity contribution in [3.63, 3.8) is 0 Å². The van der Waals surface area contributed by atoms with Crippen LogP contribution in [-0.2, 0) is 0 Å². The second-order valence-corrected chi connectivity index (χ2v) is 6.82. The number of halogens is 2. The summed E-state index contributed by atoms with van der Waals surface area (Å²) in [5.74, 6) is 0.226. The SMILES string of the molecule is Fc1ccc(-c2nc(Cl)c3c(-c4cccs4)csc3n2)cc1. The van der Waals surface area contributed by atoms with Crippen LogP contribution in [-0.4, -0.2) is 9.97 Å². The molecule has 0 N–H and O–H groups in total. The smallest absolute Gasteiger partial charge is 0.162 e. The fraction of sp³-hybridized carbons (Fsp3) is 0. The zero-order valence-corrected chi connectivity index (χ0v) is 13.5. The molecular weight excluding hydrogens is 339 g/mol. The molecule has 4 rings (SSSR count). The Kier molecular flexibility index (Phi) is 3.41. The molecule has 6 heteroatoms. The van der Waals surface area contributed by atoms with E-state index in [1.165, 1.54) is 23.5 Å². The van der Waals surface area contributed by atoms with Crippen LogP contribution in [0, 0.1) is 5.82 Å². The van der Waals surface area contributed by atoms with Crippen molar-refractivity contribution in [1.29, 1.82) is 0 Å². The predicted molar refractivity (Wildman–Crippen MR) is 91.1 cm³/mol. The zero-order valence-electron chi connectivity index (χ0n) is 11.1. The average Bonchev–Trinajstić information content (AvgIpc) is 3.16. The molecule has 3 heterocycles. The van der Waals surface area contributed by atoms with Gasteiger partial charge in [0.2, 0.25) is 0 Å². The summed E-state index contributed by atoms with van der Waals surface area (Å²) >= 11 is 9.59. The predicted octanol–water partition coefficient (Wildman–Crippen LogP) is 5.88. The van der Waals surface area contributed by atoms with Crippen molar-refractivity contribution in [2.24, 2.45) is 0 Å². The Balaban J connectivity index is 1.90. The van der Waals surface area contributed by atoms with E-state index in [2.05, 4.69) is 16.0 Å². The molecular formula is C16H8ClFN2S2. The lowest BCUT2D eigenvalue weighted by Gasteiger charge is -2.03. The summed E-state index contributed by atoms with van der Waals surface area (Å²) in [4.78, 5) is 10.9. The largest absolute Gasteiger partial charge is 0.217 e. The second-order valence-electron chi connectivity index (χ2n) is 4.65. The minimum absolute atomic E-state index is 0.285. The molecule has 2 nitrogen and oxygen atoms in total.